The van der Waals surface area contributed by atoms with E-state index in [0.717, 1.165) is 30.7 Å². The van der Waals surface area contributed by atoms with Crippen molar-refractivity contribution in [3.05, 3.63) is 69.8 Å². The van der Waals surface area contributed by atoms with E-state index in [1.807, 2.05) is 34.9 Å². The molecule has 3 aliphatic rings. The fraction of sp³-hybridized carbons (Fsp3) is 0.429. The highest BCUT2D eigenvalue weighted by Gasteiger charge is 2.44. The normalized spacial score (nSPS) is 22.4. The molecule has 212 valence electrons. The molecule has 1 aromatic heterocycles. The first-order valence-corrected chi connectivity index (χ1v) is 14.9. The summed E-state index contributed by atoms with van der Waals surface area (Å²) in [7, 11) is -3.74. The Kier molecular flexibility index (Phi) is 6.59. The minimum atomic E-state index is -3.74. The van der Waals surface area contributed by atoms with Gasteiger partial charge in [0.05, 0.1) is 35.4 Å². The van der Waals surface area contributed by atoms with Crippen molar-refractivity contribution >= 4 is 32.7 Å². The average Bonchev–Trinajstić information content (AvgIpc) is 3.77. The summed E-state index contributed by atoms with van der Waals surface area (Å²) in [4.78, 5) is 28.3. The van der Waals surface area contributed by atoms with Crippen molar-refractivity contribution < 1.29 is 36.4 Å². The molecule has 0 amide bonds. The summed E-state index contributed by atoms with van der Waals surface area (Å²) >= 11 is 0. The molecule has 2 fully saturated rings. The van der Waals surface area contributed by atoms with E-state index in [9.17, 15) is 23.1 Å². The van der Waals surface area contributed by atoms with Crippen molar-refractivity contribution in [1.82, 2.24) is 4.57 Å². The average molecular weight is 573 g/mol. The predicted octanol–water partition coefficient (Wildman–Crippen LogP) is 2.90. The molecule has 10 nitrogen and oxygen atoms in total. The number of anilines is 1. The van der Waals surface area contributed by atoms with Gasteiger partial charge < -0.3 is 24.0 Å². The second-order valence-electron chi connectivity index (χ2n) is 10.8. The summed E-state index contributed by atoms with van der Waals surface area (Å²) in [5.41, 5.74) is -0.839. The molecule has 3 aromatic rings. The summed E-state index contributed by atoms with van der Waals surface area (Å²) in [5.74, 6) is -1.24. The molecular formula is C28H29FN2O8S. The Hall–Kier alpha value is -3.48. The molecular weight excluding hydrogens is 543 g/mol. The fourth-order valence-electron chi connectivity index (χ4n) is 5.57. The van der Waals surface area contributed by atoms with Crippen LogP contribution in [0.15, 0.2) is 47.4 Å². The number of piperidine rings is 1. The summed E-state index contributed by atoms with van der Waals surface area (Å²) in [6.45, 7) is -0.0785. The number of esters is 1. The van der Waals surface area contributed by atoms with E-state index in [0.29, 0.717) is 5.52 Å². The maximum atomic E-state index is 15.7. The smallest absolute Gasteiger partial charge is 0.343 e. The van der Waals surface area contributed by atoms with Gasteiger partial charge in [-0.2, -0.15) is 8.42 Å². The highest BCUT2D eigenvalue weighted by molar-refractivity contribution is 7.85. The van der Waals surface area contributed by atoms with Gasteiger partial charge in [-0.3, -0.25) is 8.98 Å². The van der Waals surface area contributed by atoms with Crippen LogP contribution in [0.25, 0.3) is 10.9 Å². The fourth-order valence-corrected chi connectivity index (χ4v) is 6.00. The third-order valence-corrected chi connectivity index (χ3v) is 8.24. The lowest BCUT2D eigenvalue weighted by atomic mass is 9.86. The maximum Gasteiger partial charge on any atom is 0.343 e. The Morgan fingerprint density at radius 1 is 1.23 bits per heavy atom. The number of hydrogen-bond acceptors (Lipinski definition) is 9. The van der Waals surface area contributed by atoms with Gasteiger partial charge in [0.1, 0.15) is 24.5 Å². The van der Waals surface area contributed by atoms with Gasteiger partial charge in [-0.25, -0.2) is 9.18 Å². The van der Waals surface area contributed by atoms with E-state index in [1.54, 1.807) is 4.90 Å². The number of hydrogen-bond donors (Lipinski definition) is 1. The minimum Gasteiger partial charge on any atom is -0.487 e. The van der Waals surface area contributed by atoms with Crippen LogP contribution in [0.3, 0.4) is 0 Å². The highest BCUT2D eigenvalue weighted by Crippen LogP contribution is 2.47. The van der Waals surface area contributed by atoms with Crippen LogP contribution in [-0.4, -0.2) is 61.7 Å². The molecule has 1 saturated heterocycles. The summed E-state index contributed by atoms with van der Waals surface area (Å²) in [6.07, 6.45) is 4.34. The maximum absolute atomic E-state index is 15.7. The second kappa shape index (κ2) is 9.86. The van der Waals surface area contributed by atoms with Crippen molar-refractivity contribution in [3.63, 3.8) is 0 Å². The molecule has 2 aromatic carbocycles. The Bertz CT molecular complexity index is 1650. The molecule has 1 aliphatic carbocycles. The number of carbonyl (C=O) groups excluding carboxylic acids is 1. The van der Waals surface area contributed by atoms with Crippen LogP contribution in [0.5, 0.6) is 5.75 Å². The lowest BCUT2D eigenvalue weighted by Crippen LogP contribution is -2.56. The number of aromatic nitrogens is 1. The van der Waals surface area contributed by atoms with Crippen LogP contribution >= 0.6 is 0 Å². The van der Waals surface area contributed by atoms with Crippen LogP contribution in [0.4, 0.5) is 10.1 Å². The van der Waals surface area contributed by atoms with E-state index >= 15 is 4.39 Å². The van der Waals surface area contributed by atoms with Crippen LogP contribution in [-0.2, 0) is 25.6 Å². The molecule has 1 saturated carbocycles. The van der Waals surface area contributed by atoms with Crippen molar-refractivity contribution in [3.8, 4) is 5.75 Å². The number of nitrogens with zero attached hydrogens (tertiary/aromatic N) is 2. The zero-order chi connectivity index (χ0) is 28.2. The SMILES string of the molecule is CS(=O)(=O)OCC1(O)CCN2c3c(F)cc4c(=O)c(C(=O)OCc5ccccc5)cn(C5CC5)c4c3OC[C@@H]2C1. The molecule has 0 bridgehead atoms. The number of pyridine rings is 1. The van der Waals surface area contributed by atoms with Crippen LogP contribution in [0.1, 0.15) is 47.6 Å². The van der Waals surface area contributed by atoms with Gasteiger partial charge in [-0.15, -0.1) is 0 Å². The van der Waals surface area contributed by atoms with Crippen LogP contribution < -0.4 is 15.1 Å². The molecule has 2 aliphatic heterocycles. The van der Waals surface area contributed by atoms with Crippen LogP contribution in [0, 0.1) is 5.82 Å². The number of carbonyl (C=O) groups is 1. The third-order valence-electron chi connectivity index (χ3n) is 7.69. The zero-order valence-corrected chi connectivity index (χ0v) is 22.7. The first kappa shape index (κ1) is 26.7. The van der Waals surface area contributed by atoms with Gasteiger partial charge in [-0.1, -0.05) is 30.3 Å². The second-order valence-corrected chi connectivity index (χ2v) is 12.5. The van der Waals surface area contributed by atoms with Gasteiger partial charge in [0.2, 0.25) is 5.43 Å². The predicted molar refractivity (Wildman–Crippen MR) is 144 cm³/mol. The number of fused-ring (bicyclic) bond motifs is 5. The van der Waals surface area contributed by atoms with E-state index in [1.165, 1.54) is 6.20 Å². The lowest BCUT2D eigenvalue weighted by molar-refractivity contribution is -0.0376. The summed E-state index contributed by atoms with van der Waals surface area (Å²) in [6, 6.07) is 9.84. The Labute approximate surface area is 230 Å². The number of halogens is 1. The molecule has 1 unspecified atom stereocenters. The van der Waals surface area contributed by atoms with Gasteiger partial charge >= 0.3 is 5.97 Å². The molecule has 40 heavy (non-hydrogen) atoms. The number of benzene rings is 2. The standard InChI is InChI=1S/C28H29FN2O8S/c1-40(35,36)39-16-28(34)9-10-30-19(12-28)15-37-26-23-20(11-22(29)24(26)30)25(32)21(13-31(23)18-7-8-18)27(33)38-14-17-5-3-2-4-6-17/h2-6,11,13,18-19,34H,7-10,12,14-16H2,1H3/t19-,28?/m0/s1. The summed E-state index contributed by atoms with van der Waals surface area (Å²) < 4.78 is 56.8. The van der Waals surface area contributed by atoms with E-state index in [4.69, 9.17) is 13.7 Å². The Balaban J connectivity index is 1.35. The number of aliphatic hydroxyl groups is 1. The largest absolute Gasteiger partial charge is 0.487 e. The zero-order valence-electron chi connectivity index (χ0n) is 21.8. The molecule has 2 atom stereocenters. The molecule has 6 rings (SSSR count). The van der Waals surface area contributed by atoms with E-state index in [2.05, 4.69) is 0 Å². The third kappa shape index (κ3) is 5.06. The number of ether oxygens (including phenoxy) is 2. The quantitative estimate of drug-likeness (QED) is 0.336. The lowest BCUT2D eigenvalue weighted by Gasteiger charge is -2.47. The highest BCUT2D eigenvalue weighted by atomic mass is 32.2. The molecule has 1 N–H and O–H groups in total. The van der Waals surface area contributed by atoms with Crippen molar-refractivity contribution in [1.29, 1.82) is 0 Å². The topological polar surface area (TPSA) is 124 Å². The minimum absolute atomic E-state index is 0.000161. The van der Waals surface area contributed by atoms with E-state index < -0.39 is 45.6 Å². The van der Waals surface area contributed by atoms with Gasteiger partial charge in [0.25, 0.3) is 10.1 Å². The first-order chi connectivity index (χ1) is 19.0. The van der Waals surface area contributed by atoms with Gasteiger partial charge in [-0.05, 0) is 30.9 Å². The van der Waals surface area contributed by atoms with Crippen molar-refractivity contribution in [2.75, 3.05) is 30.9 Å². The van der Waals surface area contributed by atoms with Gasteiger partial charge in [0, 0.05) is 25.2 Å². The Morgan fingerprint density at radius 3 is 2.67 bits per heavy atom. The Morgan fingerprint density at radius 2 is 1.98 bits per heavy atom. The monoisotopic (exact) mass is 572 g/mol. The molecule has 12 heteroatoms. The first-order valence-electron chi connectivity index (χ1n) is 13.1. The van der Waals surface area contributed by atoms with Crippen molar-refractivity contribution in [2.24, 2.45) is 0 Å². The molecule has 0 spiro atoms. The van der Waals surface area contributed by atoms with Crippen molar-refractivity contribution in [2.45, 2.75) is 50.0 Å². The number of rotatable bonds is 7. The van der Waals surface area contributed by atoms with Crippen LogP contribution in [0.2, 0.25) is 0 Å². The van der Waals surface area contributed by atoms with E-state index in [-0.39, 0.29) is 61.0 Å². The molecule has 0 radical (unpaired) electrons. The molecule has 3 heterocycles. The summed E-state index contributed by atoms with van der Waals surface area (Å²) in [5, 5.41) is 11.0. The van der Waals surface area contributed by atoms with Gasteiger partial charge in [0.15, 0.2) is 11.6 Å².